The lowest BCUT2D eigenvalue weighted by molar-refractivity contribution is 0.391. The first-order valence-corrected chi connectivity index (χ1v) is 7.95. The van der Waals surface area contributed by atoms with Crippen molar-refractivity contribution in [2.75, 3.05) is 0 Å². The van der Waals surface area contributed by atoms with E-state index in [1.54, 1.807) is 11.8 Å². The summed E-state index contributed by atoms with van der Waals surface area (Å²) in [6, 6.07) is 19.5. The second-order valence-electron chi connectivity index (χ2n) is 4.68. The van der Waals surface area contributed by atoms with E-state index < -0.39 is 0 Å². The fraction of sp³-hybridized carbons (Fsp3) is 0.118. The summed E-state index contributed by atoms with van der Waals surface area (Å²) in [5.41, 5.74) is 2.81. The van der Waals surface area contributed by atoms with Gasteiger partial charge < -0.3 is 4.52 Å². The fourth-order valence-electron chi connectivity index (χ4n) is 1.95. The van der Waals surface area contributed by atoms with E-state index in [1.807, 2.05) is 54.6 Å². The number of benzene rings is 2. The molecule has 1 heterocycles. The van der Waals surface area contributed by atoms with Crippen LogP contribution in [0.1, 0.15) is 17.0 Å². The van der Waals surface area contributed by atoms with E-state index in [-0.39, 0.29) is 0 Å². The monoisotopic (exact) mass is 307 g/mol. The van der Waals surface area contributed by atoms with Crippen LogP contribution >= 0.6 is 11.8 Å². The highest BCUT2D eigenvalue weighted by molar-refractivity contribution is 7.97. The summed E-state index contributed by atoms with van der Waals surface area (Å²) >= 11 is 1.70. The molecule has 2 aromatic carbocycles. The topological polar surface area (TPSA) is 62.7 Å². The molecule has 108 valence electrons. The smallest absolute Gasteiger partial charge is 0.236 e. The summed E-state index contributed by atoms with van der Waals surface area (Å²) in [7, 11) is 0. The summed E-state index contributed by atoms with van der Waals surface area (Å²) < 4.78 is 5.27. The Balaban J connectivity index is 1.56. The number of thioether (sulfide) groups is 1. The van der Waals surface area contributed by atoms with E-state index in [0.29, 0.717) is 23.0 Å². The van der Waals surface area contributed by atoms with Crippen molar-refractivity contribution in [1.29, 1.82) is 5.26 Å². The molecule has 0 spiro atoms. The van der Waals surface area contributed by atoms with Crippen molar-refractivity contribution in [2.24, 2.45) is 0 Å². The summed E-state index contributed by atoms with van der Waals surface area (Å²) in [6.07, 6.45) is 0. The third-order valence-corrected chi connectivity index (χ3v) is 4.07. The van der Waals surface area contributed by atoms with Crippen molar-refractivity contribution in [3.8, 4) is 17.5 Å². The fourth-order valence-corrected chi connectivity index (χ4v) is 2.77. The molecule has 0 aliphatic carbocycles. The molecule has 0 unspecified atom stereocenters. The van der Waals surface area contributed by atoms with E-state index >= 15 is 0 Å². The number of aromatic nitrogens is 2. The molecule has 3 aromatic rings. The van der Waals surface area contributed by atoms with Crippen LogP contribution in [0.5, 0.6) is 0 Å². The van der Waals surface area contributed by atoms with Gasteiger partial charge >= 0.3 is 0 Å². The first kappa shape index (κ1) is 14.4. The molecular weight excluding hydrogens is 294 g/mol. The maximum Gasteiger partial charge on any atom is 0.236 e. The van der Waals surface area contributed by atoms with E-state index in [1.165, 1.54) is 5.56 Å². The van der Waals surface area contributed by atoms with Crippen LogP contribution in [0.3, 0.4) is 0 Å². The Kier molecular flexibility index (Phi) is 4.52. The van der Waals surface area contributed by atoms with Crippen molar-refractivity contribution < 1.29 is 4.52 Å². The van der Waals surface area contributed by atoms with Gasteiger partial charge in [0, 0.05) is 11.3 Å². The molecule has 22 heavy (non-hydrogen) atoms. The first-order chi connectivity index (χ1) is 10.8. The predicted octanol–water partition coefficient (Wildman–Crippen LogP) is 4.04. The molecule has 0 amide bonds. The lowest BCUT2D eigenvalue weighted by atomic mass is 10.2. The van der Waals surface area contributed by atoms with Crippen molar-refractivity contribution >= 4 is 11.8 Å². The van der Waals surface area contributed by atoms with Gasteiger partial charge in [0.25, 0.3) is 0 Å². The Hall–Kier alpha value is -2.58. The zero-order valence-corrected chi connectivity index (χ0v) is 12.6. The highest BCUT2D eigenvalue weighted by Gasteiger charge is 2.08. The molecule has 4 nitrogen and oxygen atoms in total. The highest BCUT2D eigenvalue weighted by Crippen LogP contribution is 2.20. The Morgan fingerprint density at radius 1 is 1.00 bits per heavy atom. The summed E-state index contributed by atoms with van der Waals surface area (Å²) in [4.78, 5) is 4.40. The minimum absolute atomic E-state index is 0.620. The maximum atomic E-state index is 8.77. The van der Waals surface area contributed by atoms with Gasteiger partial charge in [0.05, 0.1) is 17.4 Å². The minimum atomic E-state index is 0.620. The van der Waals surface area contributed by atoms with Gasteiger partial charge in [-0.1, -0.05) is 47.6 Å². The van der Waals surface area contributed by atoms with Crippen LogP contribution in [0, 0.1) is 11.3 Å². The van der Waals surface area contributed by atoms with Gasteiger partial charge in [0.1, 0.15) is 0 Å². The third-order valence-electron chi connectivity index (χ3n) is 3.08. The average molecular weight is 307 g/mol. The van der Waals surface area contributed by atoms with Gasteiger partial charge in [0.2, 0.25) is 11.7 Å². The average Bonchev–Trinajstić information content (AvgIpc) is 3.05. The molecule has 0 bridgehead atoms. The Bertz CT molecular complexity index is 776. The van der Waals surface area contributed by atoms with Crippen molar-refractivity contribution in [1.82, 2.24) is 10.1 Å². The van der Waals surface area contributed by atoms with Gasteiger partial charge in [-0.2, -0.15) is 10.2 Å². The van der Waals surface area contributed by atoms with Gasteiger partial charge in [-0.3, -0.25) is 0 Å². The molecule has 0 saturated heterocycles. The molecule has 3 rings (SSSR count). The second-order valence-corrected chi connectivity index (χ2v) is 5.66. The number of hydrogen-bond acceptors (Lipinski definition) is 5. The van der Waals surface area contributed by atoms with Crippen molar-refractivity contribution in [2.45, 2.75) is 11.5 Å². The van der Waals surface area contributed by atoms with Crippen LogP contribution in [0.4, 0.5) is 0 Å². The molecule has 0 fully saturated rings. The maximum absolute atomic E-state index is 8.77. The number of nitriles is 1. The standard InChI is InChI=1S/C17H13N3OS/c18-10-13-6-8-14(9-7-13)11-22-12-16-19-17(20-21-16)15-4-2-1-3-5-15/h1-9H,11-12H2. The van der Waals surface area contributed by atoms with E-state index in [4.69, 9.17) is 9.78 Å². The summed E-state index contributed by atoms with van der Waals surface area (Å²) in [5.74, 6) is 2.75. The van der Waals surface area contributed by atoms with Crippen LogP contribution < -0.4 is 0 Å². The molecule has 0 atom stereocenters. The number of rotatable bonds is 5. The highest BCUT2D eigenvalue weighted by atomic mass is 32.2. The van der Waals surface area contributed by atoms with Gasteiger partial charge in [-0.05, 0) is 17.7 Å². The van der Waals surface area contributed by atoms with Crippen LogP contribution in [0.15, 0.2) is 59.1 Å². The Labute approximate surface area is 132 Å². The molecule has 0 aliphatic rings. The van der Waals surface area contributed by atoms with Gasteiger partial charge in [-0.15, -0.1) is 11.8 Å². The van der Waals surface area contributed by atoms with E-state index in [9.17, 15) is 0 Å². The van der Waals surface area contributed by atoms with Crippen molar-refractivity contribution in [3.05, 3.63) is 71.6 Å². The summed E-state index contributed by atoms with van der Waals surface area (Å²) in [5, 5.41) is 12.8. The summed E-state index contributed by atoms with van der Waals surface area (Å²) in [6.45, 7) is 0. The molecular formula is C17H13N3OS. The molecule has 0 aliphatic heterocycles. The second kappa shape index (κ2) is 6.92. The minimum Gasteiger partial charge on any atom is -0.338 e. The zero-order valence-electron chi connectivity index (χ0n) is 11.8. The Morgan fingerprint density at radius 3 is 2.50 bits per heavy atom. The number of hydrogen-bond donors (Lipinski definition) is 0. The molecule has 5 heteroatoms. The third kappa shape index (κ3) is 3.54. The van der Waals surface area contributed by atoms with Gasteiger partial charge in [-0.25, -0.2) is 0 Å². The molecule has 0 saturated carbocycles. The quantitative estimate of drug-likeness (QED) is 0.711. The first-order valence-electron chi connectivity index (χ1n) is 6.80. The largest absolute Gasteiger partial charge is 0.338 e. The molecule has 0 radical (unpaired) electrons. The van der Waals surface area contributed by atoms with Crippen molar-refractivity contribution in [3.63, 3.8) is 0 Å². The normalized spacial score (nSPS) is 10.3. The molecule has 1 aromatic heterocycles. The predicted molar refractivity (Wildman–Crippen MR) is 85.9 cm³/mol. The van der Waals surface area contributed by atoms with Crippen LogP contribution in [0.25, 0.3) is 11.4 Å². The lowest BCUT2D eigenvalue weighted by Gasteiger charge is -1.99. The van der Waals surface area contributed by atoms with E-state index in [2.05, 4.69) is 16.2 Å². The van der Waals surface area contributed by atoms with Crippen LogP contribution in [-0.2, 0) is 11.5 Å². The lowest BCUT2D eigenvalue weighted by Crippen LogP contribution is -1.85. The number of nitrogens with zero attached hydrogens (tertiary/aromatic N) is 3. The Morgan fingerprint density at radius 2 is 1.77 bits per heavy atom. The SMILES string of the molecule is N#Cc1ccc(CSCc2nc(-c3ccccc3)no2)cc1. The van der Waals surface area contributed by atoms with E-state index in [0.717, 1.165) is 11.3 Å². The van der Waals surface area contributed by atoms with Gasteiger partial charge in [0.15, 0.2) is 0 Å². The zero-order chi connectivity index (χ0) is 15.2. The van der Waals surface area contributed by atoms with Crippen LogP contribution in [-0.4, -0.2) is 10.1 Å². The molecule has 0 N–H and O–H groups in total. The van der Waals surface area contributed by atoms with Crippen LogP contribution in [0.2, 0.25) is 0 Å².